The van der Waals surface area contributed by atoms with Crippen LogP contribution in [0.3, 0.4) is 0 Å². The Bertz CT molecular complexity index is 534. The number of anilines is 3. The molecule has 1 heterocycles. The summed E-state index contributed by atoms with van der Waals surface area (Å²) >= 11 is 0. The van der Waals surface area contributed by atoms with Crippen molar-refractivity contribution in [2.24, 2.45) is 0 Å². The van der Waals surface area contributed by atoms with Crippen molar-refractivity contribution in [3.05, 3.63) is 41.3 Å². The summed E-state index contributed by atoms with van der Waals surface area (Å²) in [5.41, 5.74) is 8.30. The van der Waals surface area contributed by atoms with E-state index in [9.17, 15) is 4.39 Å². The normalized spacial score (nSPS) is 10.3. The molecular formula is C12H13FN4. The second-order valence-corrected chi connectivity index (χ2v) is 3.82. The first-order chi connectivity index (χ1) is 8.08. The van der Waals surface area contributed by atoms with Crippen LogP contribution in [0.5, 0.6) is 0 Å². The van der Waals surface area contributed by atoms with Crippen molar-refractivity contribution in [1.29, 1.82) is 0 Å². The minimum atomic E-state index is -0.526. The first-order valence-electron chi connectivity index (χ1n) is 5.19. The Balaban J connectivity index is 2.41. The molecule has 0 saturated heterocycles. The first kappa shape index (κ1) is 11.3. The number of para-hydroxylation sites is 1. The Hall–Kier alpha value is -2.17. The number of hydrogen-bond acceptors (Lipinski definition) is 4. The molecule has 0 radical (unpaired) electrons. The van der Waals surface area contributed by atoms with Crippen LogP contribution in [0, 0.1) is 19.7 Å². The minimum absolute atomic E-state index is 0.0418. The second kappa shape index (κ2) is 4.37. The predicted molar refractivity (Wildman–Crippen MR) is 65.6 cm³/mol. The van der Waals surface area contributed by atoms with Gasteiger partial charge in [-0.15, -0.1) is 0 Å². The molecule has 0 unspecified atom stereocenters. The van der Waals surface area contributed by atoms with E-state index in [4.69, 9.17) is 5.73 Å². The van der Waals surface area contributed by atoms with Crippen molar-refractivity contribution in [3.63, 3.8) is 0 Å². The molecule has 5 heteroatoms. The second-order valence-electron chi connectivity index (χ2n) is 3.82. The number of aryl methyl sites for hydroxylation is 2. The molecule has 0 saturated carbocycles. The van der Waals surface area contributed by atoms with E-state index in [1.54, 1.807) is 0 Å². The average Bonchev–Trinajstić information content (AvgIpc) is 2.28. The molecule has 1 aromatic carbocycles. The number of rotatable bonds is 2. The van der Waals surface area contributed by atoms with E-state index < -0.39 is 5.82 Å². The van der Waals surface area contributed by atoms with E-state index in [2.05, 4.69) is 15.3 Å². The fourth-order valence-corrected chi connectivity index (χ4v) is 1.60. The molecule has 3 N–H and O–H groups in total. The molecule has 17 heavy (non-hydrogen) atoms. The van der Waals surface area contributed by atoms with E-state index in [-0.39, 0.29) is 11.8 Å². The molecule has 0 fully saturated rings. The van der Waals surface area contributed by atoms with E-state index in [0.29, 0.717) is 0 Å². The molecule has 0 aliphatic carbocycles. The summed E-state index contributed by atoms with van der Waals surface area (Å²) in [6, 6.07) is 5.83. The van der Waals surface area contributed by atoms with Crippen LogP contribution in [0.4, 0.5) is 21.8 Å². The molecule has 0 amide bonds. The Labute approximate surface area is 98.7 Å². The van der Waals surface area contributed by atoms with Gasteiger partial charge >= 0.3 is 0 Å². The van der Waals surface area contributed by atoms with Gasteiger partial charge in [-0.2, -0.15) is 4.98 Å². The zero-order chi connectivity index (χ0) is 12.4. The molecule has 0 aliphatic rings. The van der Waals surface area contributed by atoms with Crippen molar-refractivity contribution in [1.82, 2.24) is 9.97 Å². The van der Waals surface area contributed by atoms with Crippen molar-refractivity contribution in [2.45, 2.75) is 13.8 Å². The number of aromatic nitrogens is 2. The van der Waals surface area contributed by atoms with Gasteiger partial charge in [0.2, 0.25) is 5.95 Å². The van der Waals surface area contributed by atoms with Gasteiger partial charge in [0.15, 0.2) is 11.6 Å². The van der Waals surface area contributed by atoms with Crippen LogP contribution in [0.15, 0.2) is 24.4 Å². The molecule has 0 atom stereocenters. The summed E-state index contributed by atoms with van der Waals surface area (Å²) in [5, 5.41) is 2.94. The predicted octanol–water partition coefficient (Wildman–Crippen LogP) is 2.56. The van der Waals surface area contributed by atoms with Gasteiger partial charge < -0.3 is 11.1 Å². The van der Waals surface area contributed by atoms with Crippen LogP contribution >= 0.6 is 0 Å². The van der Waals surface area contributed by atoms with Crippen LogP contribution in [-0.4, -0.2) is 9.97 Å². The van der Waals surface area contributed by atoms with Crippen LogP contribution in [0.25, 0.3) is 0 Å². The number of benzene rings is 1. The SMILES string of the molecule is Cc1cccc(C)c1Nc1nc(N)ncc1F. The molecule has 2 rings (SSSR count). The van der Waals surface area contributed by atoms with Gasteiger partial charge in [-0.1, -0.05) is 18.2 Å². The van der Waals surface area contributed by atoms with Crippen LogP contribution < -0.4 is 11.1 Å². The molecule has 1 aromatic heterocycles. The van der Waals surface area contributed by atoms with Gasteiger partial charge in [0.1, 0.15) is 0 Å². The largest absolute Gasteiger partial charge is 0.368 e. The fourth-order valence-electron chi connectivity index (χ4n) is 1.60. The maximum Gasteiger partial charge on any atom is 0.222 e. The molecule has 2 aromatic rings. The molecule has 0 aliphatic heterocycles. The molecule has 4 nitrogen and oxygen atoms in total. The highest BCUT2D eigenvalue weighted by atomic mass is 19.1. The summed E-state index contributed by atoms with van der Waals surface area (Å²) in [7, 11) is 0. The first-order valence-corrected chi connectivity index (χ1v) is 5.19. The zero-order valence-corrected chi connectivity index (χ0v) is 9.66. The van der Waals surface area contributed by atoms with Gasteiger partial charge in [-0.25, -0.2) is 9.37 Å². The van der Waals surface area contributed by atoms with E-state index in [0.717, 1.165) is 23.0 Å². The number of nitrogen functional groups attached to an aromatic ring is 1. The van der Waals surface area contributed by atoms with Gasteiger partial charge in [-0.3, -0.25) is 0 Å². The number of nitrogens with one attached hydrogen (secondary N) is 1. The maximum absolute atomic E-state index is 13.5. The van der Waals surface area contributed by atoms with Crippen LogP contribution in [-0.2, 0) is 0 Å². The summed E-state index contributed by atoms with van der Waals surface area (Å²) in [6.07, 6.45) is 1.05. The summed E-state index contributed by atoms with van der Waals surface area (Å²) in [5.74, 6) is -0.392. The Morgan fingerprint density at radius 1 is 1.24 bits per heavy atom. The lowest BCUT2D eigenvalue weighted by Crippen LogP contribution is -2.04. The van der Waals surface area contributed by atoms with Gasteiger partial charge in [-0.05, 0) is 25.0 Å². The Morgan fingerprint density at radius 3 is 2.53 bits per heavy atom. The van der Waals surface area contributed by atoms with Crippen molar-refractivity contribution in [3.8, 4) is 0 Å². The highest BCUT2D eigenvalue weighted by Crippen LogP contribution is 2.24. The van der Waals surface area contributed by atoms with Gasteiger partial charge in [0, 0.05) is 5.69 Å². The van der Waals surface area contributed by atoms with E-state index in [1.165, 1.54) is 0 Å². The Morgan fingerprint density at radius 2 is 1.88 bits per heavy atom. The maximum atomic E-state index is 13.5. The lowest BCUT2D eigenvalue weighted by molar-refractivity contribution is 0.620. The monoisotopic (exact) mass is 232 g/mol. The number of nitrogens with zero attached hydrogens (tertiary/aromatic N) is 2. The summed E-state index contributed by atoms with van der Waals surface area (Å²) < 4.78 is 13.5. The van der Waals surface area contributed by atoms with Crippen LogP contribution in [0.2, 0.25) is 0 Å². The van der Waals surface area contributed by atoms with Crippen molar-refractivity contribution in [2.75, 3.05) is 11.1 Å². The third-order valence-corrected chi connectivity index (χ3v) is 2.49. The zero-order valence-electron chi connectivity index (χ0n) is 9.66. The molecule has 0 bridgehead atoms. The number of hydrogen-bond donors (Lipinski definition) is 2. The smallest absolute Gasteiger partial charge is 0.222 e. The third-order valence-electron chi connectivity index (χ3n) is 2.49. The quantitative estimate of drug-likeness (QED) is 0.835. The fraction of sp³-hybridized carbons (Fsp3) is 0.167. The summed E-state index contributed by atoms with van der Waals surface area (Å²) in [6.45, 7) is 3.88. The van der Waals surface area contributed by atoms with E-state index >= 15 is 0 Å². The Kier molecular flexibility index (Phi) is 2.91. The highest BCUT2D eigenvalue weighted by Gasteiger charge is 2.08. The topological polar surface area (TPSA) is 63.8 Å². The van der Waals surface area contributed by atoms with Crippen molar-refractivity contribution < 1.29 is 4.39 Å². The molecule has 88 valence electrons. The minimum Gasteiger partial charge on any atom is -0.368 e. The lowest BCUT2D eigenvalue weighted by Gasteiger charge is -2.12. The van der Waals surface area contributed by atoms with Gasteiger partial charge in [0.25, 0.3) is 0 Å². The van der Waals surface area contributed by atoms with Gasteiger partial charge in [0.05, 0.1) is 6.20 Å². The third kappa shape index (κ3) is 2.33. The lowest BCUT2D eigenvalue weighted by atomic mass is 10.1. The number of nitrogens with two attached hydrogens (primary N) is 1. The molecule has 0 spiro atoms. The van der Waals surface area contributed by atoms with E-state index in [1.807, 2.05) is 32.0 Å². The van der Waals surface area contributed by atoms with Crippen molar-refractivity contribution >= 4 is 17.5 Å². The van der Waals surface area contributed by atoms with Crippen LogP contribution in [0.1, 0.15) is 11.1 Å². The standard InChI is InChI=1S/C12H13FN4/c1-7-4-3-5-8(2)10(7)16-11-9(13)6-15-12(14)17-11/h3-6H,1-2H3,(H3,14,15,16,17). The highest BCUT2D eigenvalue weighted by molar-refractivity contribution is 5.64. The molecular weight excluding hydrogens is 219 g/mol. The summed E-state index contributed by atoms with van der Waals surface area (Å²) in [4.78, 5) is 7.41. The number of halogens is 1. The average molecular weight is 232 g/mol.